The second kappa shape index (κ2) is 8.39. The molecule has 0 atom stereocenters. The number of benzene rings is 1. The Hall–Kier alpha value is -2.27. The summed E-state index contributed by atoms with van der Waals surface area (Å²) < 4.78 is 5.62. The van der Waals surface area contributed by atoms with Gasteiger partial charge in [0.25, 0.3) is 0 Å². The number of aryl methyl sites for hydroxylation is 2. The first kappa shape index (κ1) is 17.1. The van der Waals surface area contributed by atoms with Crippen LogP contribution < -0.4 is 15.4 Å². The fraction of sp³-hybridized carbons (Fsp3) is 0.294. The summed E-state index contributed by atoms with van der Waals surface area (Å²) in [5, 5.41) is 6.26. The molecule has 0 radical (unpaired) electrons. The van der Waals surface area contributed by atoms with Gasteiger partial charge in [0.1, 0.15) is 12.4 Å². The Bertz CT molecular complexity index is 639. The van der Waals surface area contributed by atoms with Crippen molar-refractivity contribution in [2.45, 2.75) is 20.4 Å². The van der Waals surface area contributed by atoms with Gasteiger partial charge in [-0.1, -0.05) is 17.7 Å². The quantitative estimate of drug-likeness (QED) is 0.798. The van der Waals surface area contributed by atoms with Gasteiger partial charge >= 0.3 is 6.03 Å². The Morgan fingerprint density at radius 3 is 2.65 bits per heavy atom. The predicted molar refractivity (Wildman–Crippen MR) is 90.9 cm³/mol. The van der Waals surface area contributed by atoms with E-state index >= 15 is 0 Å². The summed E-state index contributed by atoms with van der Waals surface area (Å²) in [5.74, 6) is 0.752. The second-order valence-corrected chi connectivity index (χ2v) is 5.57. The van der Waals surface area contributed by atoms with Gasteiger partial charge in [-0.3, -0.25) is 4.98 Å². The van der Waals surface area contributed by atoms with Gasteiger partial charge in [0.2, 0.25) is 0 Å². The molecule has 0 aliphatic rings. The fourth-order valence-corrected chi connectivity index (χ4v) is 2.18. The van der Waals surface area contributed by atoms with Crippen molar-refractivity contribution in [3.8, 4) is 5.75 Å². The number of aromatic nitrogens is 1. The molecule has 0 saturated carbocycles. The average Bonchev–Trinajstić information content (AvgIpc) is 2.55. The monoisotopic (exact) mass is 333 g/mol. The van der Waals surface area contributed by atoms with Crippen molar-refractivity contribution in [1.29, 1.82) is 0 Å². The van der Waals surface area contributed by atoms with E-state index in [4.69, 9.17) is 16.3 Å². The zero-order valence-corrected chi connectivity index (χ0v) is 14.0. The minimum atomic E-state index is -0.235. The van der Waals surface area contributed by atoms with Gasteiger partial charge in [-0.15, -0.1) is 0 Å². The number of carbonyl (C=O) groups excluding carboxylic acids is 1. The minimum absolute atomic E-state index is 0.235. The van der Waals surface area contributed by atoms with Crippen molar-refractivity contribution in [3.63, 3.8) is 0 Å². The van der Waals surface area contributed by atoms with Crippen LogP contribution in [0.15, 0.2) is 36.7 Å². The zero-order valence-electron chi connectivity index (χ0n) is 13.2. The number of hydrogen-bond acceptors (Lipinski definition) is 3. The van der Waals surface area contributed by atoms with Crippen LogP contribution in [-0.4, -0.2) is 24.2 Å². The number of carbonyl (C=O) groups is 1. The van der Waals surface area contributed by atoms with Gasteiger partial charge in [0.15, 0.2) is 0 Å². The van der Waals surface area contributed by atoms with Crippen LogP contribution in [0.4, 0.5) is 4.79 Å². The van der Waals surface area contributed by atoms with E-state index in [0.717, 1.165) is 27.5 Å². The van der Waals surface area contributed by atoms with E-state index in [1.54, 1.807) is 12.4 Å². The summed E-state index contributed by atoms with van der Waals surface area (Å²) >= 11 is 6.11. The number of halogens is 1. The molecule has 23 heavy (non-hydrogen) atoms. The largest absolute Gasteiger partial charge is 0.492 e. The van der Waals surface area contributed by atoms with Crippen molar-refractivity contribution >= 4 is 17.6 Å². The van der Waals surface area contributed by atoms with Crippen molar-refractivity contribution in [3.05, 3.63) is 58.4 Å². The van der Waals surface area contributed by atoms with Gasteiger partial charge in [-0.25, -0.2) is 4.79 Å². The molecule has 2 N–H and O–H groups in total. The molecule has 2 aromatic rings. The van der Waals surface area contributed by atoms with Crippen molar-refractivity contribution < 1.29 is 9.53 Å². The number of nitrogens with zero attached hydrogens (tertiary/aromatic N) is 1. The molecule has 2 amide bonds. The summed E-state index contributed by atoms with van der Waals surface area (Å²) in [6.45, 7) is 5.12. The lowest BCUT2D eigenvalue weighted by molar-refractivity contribution is 0.236. The molecule has 0 aliphatic heterocycles. The third-order valence-corrected chi connectivity index (χ3v) is 3.84. The van der Waals surface area contributed by atoms with Crippen LogP contribution in [0.3, 0.4) is 0 Å². The number of pyridine rings is 1. The highest BCUT2D eigenvalue weighted by molar-refractivity contribution is 6.32. The Labute approximate surface area is 141 Å². The van der Waals surface area contributed by atoms with E-state index in [0.29, 0.717) is 19.7 Å². The molecule has 5 nitrogen and oxygen atoms in total. The second-order valence-electron chi connectivity index (χ2n) is 5.19. The first-order valence-electron chi connectivity index (χ1n) is 7.36. The molecular formula is C17H20ClN3O2. The van der Waals surface area contributed by atoms with E-state index in [-0.39, 0.29) is 6.03 Å². The van der Waals surface area contributed by atoms with E-state index in [2.05, 4.69) is 15.6 Å². The SMILES string of the molecule is Cc1cc(OCCNC(=O)NCc2cccnc2)cc(C)c1Cl. The van der Waals surface area contributed by atoms with Crippen LogP contribution in [0, 0.1) is 13.8 Å². The molecule has 0 bridgehead atoms. The lowest BCUT2D eigenvalue weighted by atomic mass is 10.1. The fourth-order valence-electron chi connectivity index (χ4n) is 2.07. The summed E-state index contributed by atoms with van der Waals surface area (Å²) in [4.78, 5) is 15.7. The molecular weight excluding hydrogens is 314 g/mol. The number of nitrogens with one attached hydrogen (secondary N) is 2. The Morgan fingerprint density at radius 2 is 2.00 bits per heavy atom. The van der Waals surface area contributed by atoms with Gasteiger partial charge in [-0.05, 0) is 48.7 Å². The van der Waals surface area contributed by atoms with E-state index in [9.17, 15) is 4.79 Å². The molecule has 1 heterocycles. The third-order valence-electron chi connectivity index (χ3n) is 3.24. The van der Waals surface area contributed by atoms with E-state index < -0.39 is 0 Å². The highest BCUT2D eigenvalue weighted by Gasteiger charge is 2.04. The van der Waals surface area contributed by atoms with Crippen LogP contribution in [-0.2, 0) is 6.54 Å². The van der Waals surface area contributed by atoms with Crippen molar-refractivity contribution in [2.24, 2.45) is 0 Å². The van der Waals surface area contributed by atoms with Crippen molar-refractivity contribution in [2.75, 3.05) is 13.2 Å². The molecule has 0 unspecified atom stereocenters. The Morgan fingerprint density at radius 1 is 1.26 bits per heavy atom. The standard InChI is InChI=1S/C17H20ClN3O2/c1-12-8-15(9-13(2)16(12)18)23-7-6-20-17(22)21-11-14-4-3-5-19-10-14/h3-5,8-10H,6-7,11H2,1-2H3,(H2,20,21,22). The number of amides is 2. The molecule has 2 rings (SSSR count). The Kier molecular flexibility index (Phi) is 6.23. The summed E-state index contributed by atoms with van der Waals surface area (Å²) in [5.41, 5.74) is 2.90. The number of urea groups is 1. The first-order valence-corrected chi connectivity index (χ1v) is 7.74. The van der Waals surface area contributed by atoms with Crippen molar-refractivity contribution in [1.82, 2.24) is 15.6 Å². The third kappa shape index (κ3) is 5.45. The van der Waals surface area contributed by atoms with E-state index in [1.807, 2.05) is 38.1 Å². The summed E-state index contributed by atoms with van der Waals surface area (Å²) in [6.07, 6.45) is 3.41. The first-order chi connectivity index (χ1) is 11.1. The highest BCUT2D eigenvalue weighted by atomic mass is 35.5. The van der Waals surface area contributed by atoms with Gasteiger partial charge in [0, 0.05) is 24.0 Å². The minimum Gasteiger partial charge on any atom is -0.492 e. The van der Waals surface area contributed by atoms with Crippen LogP contribution in [0.5, 0.6) is 5.75 Å². The zero-order chi connectivity index (χ0) is 16.7. The lowest BCUT2D eigenvalue weighted by Gasteiger charge is -2.11. The topological polar surface area (TPSA) is 63.2 Å². The van der Waals surface area contributed by atoms with Crippen LogP contribution in [0.1, 0.15) is 16.7 Å². The molecule has 6 heteroatoms. The Balaban J connectivity index is 1.68. The highest BCUT2D eigenvalue weighted by Crippen LogP contribution is 2.25. The van der Waals surface area contributed by atoms with Gasteiger partial charge < -0.3 is 15.4 Å². The molecule has 1 aromatic carbocycles. The maximum Gasteiger partial charge on any atom is 0.315 e. The maximum atomic E-state index is 11.7. The molecule has 1 aromatic heterocycles. The average molecular weight is 334 g/mol. The number of rotatable bonds is 6. The van der Waals surface area contributed by atoms with Crippen LogP contribution in [0.2, 0.25) is 5.02 Å². The maximum absolute atomic E-state index is 11.7. The number of hydrogen-bond donors (Lipinski definition) is 2. The molecule has 0 spiro atoms. The normalized spacial score (nSPS) is 10.2. The summed E-state index contributed by atoms with van der Waals surface area (Å²) in [6, 6.07) is 7.27. The smallest absolute Gasteiger partial charge is 0.315 e. The van der Waals surface area contributed by atoms with Gasteiger partial charge in [0.05, 0.1) is 6.54 Å². The molecule has 0 fully saturated rings. The lowest BCUT2D eigenvalue weighted by Crippen LogP contribution is -2.37. The molecule has 122 valence electrons. The van der Waals surface area contributed by atoms with E-state index in [1.165, 1.54) is 0 Å². The van der Waals surface area contributed by atoms with Gasteiger partial charge in [-0.2, -0.15) is 0 Å². The number of ether oxygens (including phenoxy) is 1. The van der Waals surface area contributed by atoms with Crippen LogP contribution >= 0.6 is 11.6 Å². The molecule has 0 aliphatic carbocycles. The summed E-state index contributed by atoms with van der Waals surface area (Å²) in [7, 11) is 0. The van der Waals surface area contributed by atoms with Crippen LogP contribution in [0.25, 0.3) is 0 Å². The predicted octanol–water partition coefficient (Wildman–Crippen LogP) is 3.23. The molecule has 0 saturated heterocycles.